The minimum Gasteiger partial charge on any atom is -0.507 e. The Hall–Kier alpha value is -4.06. The van der Waals surface area contributed by atoms with Crippen molar-refractivity contribution in [3.05, 3.63) is 89.1 Å². The standard InChI is InChI=1S/C15H10O3.C9H11NO2/c16-12-7-3-1-5-10(12)15-9-13(17)11-6-2-4-8-14(11)18-15;1-7(11)10-8-3-5-9(12-2)6-4-8/h1-9,16H;3-6H,1-2H3,(H,10,11). The van der Waals surface area contributed by atoms with Crippen molar-refractivity contribution in [2.45, 2.75) is 6.92 Å². The largest absolute Gasteiger partial charge is 0.507 e. The number of aromatic hydroxyl groups is 1. The van der Waals surface area contributed by atoms with Crippen LogP contribution < -0.4 is 15.5 Å². The Morgan fingerprint density at radius 3 is 2.30 bits per heavy atom. The zero-order valence-electron chi connectivity index (χ0n) is 16.6. The molecule has 6 nitrogen and oxygen atoms in total. The van der Waals surface area contributed by atoms with Gasteiger partial charge in [0.05, 0.1) is 18.1 Å². The normalized spacial score (nSPS) is 10.1. The highest BCUT2D eigenvalue weighted by Gasteiger charge is 2.09. The molecule has 0 aliphatic rings. The Kier molecular flexibility index (Phi) is 6.49. The molecule has 1 heterocycles. The zero-order valence-corrected chi connectivity index (χ0v) is 16.6. The van der Waals surface area contributed by atoms with Crippen molar-refractivity contribution in [3.63, 3.8) is 0 Å². The number of methoxy groups -OCH3 is 1. The number of fused-ring (bicyclic) bond motifs is 1. The number of phenolic OH excluding ortho intramolecular Hbond substituents is 1. The number of carbonyl (C=O) groups is 1. The van der Waals surface area contributed by atoms with Crippen molar-refractivity contribution in [3.8, 4) is 22.8 Å². The van der Waals surface area contributed by atoms with E-state index in [0.717, 1.165) is 11.4 Å². The lowest BCUT2D eigenvalue weighted by molar-refractivity contribution is -0.114. The highest BCUT2D eigenvalue weighted by Crippen LogP contribution is 2.29. The summed E-state index contributed by atoms with van der Waals surface area (Å²) in [5, 5.41) is 13.0. The molecule has 6 heteroatoms. The molecule has 0 saturated heterocycles. The van der Waals surface area contributed by atoms with Crippen LogP contribution in [-0.4, -0.2) is 18.1 Å². The van der Waals surface area contributed by atoms with Crippen LogP contribution in [-0.2, 0) is 4.79 Å². The number of hydrogen-bond acceptors (Lipinski definition) is 5. The van der Waals surface area contributed by atoms with E-state index in [2.05, 4.69) is 5.32 Å². The maximum atomic E-state index is 11.9. The lowest BCUT2D eigenvalue weighted by atomic mass is 10.1. The number of ether oxygens (including phenoxy) is 1. The molecule has 152 valence electrons. The van der Waals surface area contributed by atoms with Gasteiger partial charge in [-0.05, 0) is 48.5 Å². The molecule has 0 atom stereocenters. The predicted molar refractivity (Wildman–Crippen MR) is 117 cm³/mol. The number of hydrogen-bond donors (Lipinski definition) is 2. The smallest absolute Gasteiger partial charge is 0.221 e. The summed E-state index contributed by atoms with van der Waals surface area (Å²) in [6.07, 6.45) is 0. The summed E-state index contributed by atoms with van der Waals surface area (Å²) in [7, 11) is 1.60. The third kappa shape index (κ3) is 5.05. The fourth-order valence-electron chi connectivity index (χ4n) is 2.80. The van der Waals surface area contributed by atoms with Gasteiger partial charge in [-0.15, -0.1) is 0 Å². The van der Waals surface area contributed by atoms with Crippen LogP contribution in [0.2, 0.25) is 0 Å². The maximum absolute atomic E-state index is 11.9. The number of anilines is 1. The van der Waals surface area contributed by atoms with Crippen LogP contribution in [0, 0.1) is 0 Å². The third-order valence-electron chi connectivity index (χ3n) is 4.21. The minimum atomic E-state index is -0.116. The highest BCUT2D eigenvalue weighted by atomic mass is 16.5. The topological polar surface area (TPSA) is 88.8 Å². The molecular weight excluding hydrogens is 382 g/mol. The van der Waals surface area contributed by atoms with E-state index >= 15 is 0 Å². The van der Waals surface area contributed by atoms with Crippen molar-refractivity contribution < 1.29 is 19.1 Å². The molecule has 0 aliphatic heterocycles. The molecule has 0 radical (unpaired) electrons. The van der Waals surface area contributed by atoms with Gasteiger partial charge in [-0.2, -0.15) is 0 Å². The molecule has 4 rings (SSSR count). The van der Waals surface area contributed by atoms with E-state index in [1.165, 1.54) is 13.0 Å². The average molecular weight is 403 g/mol. The molecule has 1 aromatic heterocycles. The van der Waals surface area contributed by atoms with Gasteiger partial charge in [0.2, 0.25) is 5.91 Å². The maximum Gasteiger partial charge on any atom is 0.221 e. The van der Waals surface area contributed by atoms with Crippen LogP contribution in [0.1, 0.15) is 6.92 Å². The van der Waals surface area contributed by atoms with Gasteiger partial charge in [0.15, 0.2) is 5.43 Å². The summed E-state index contributed by atoms with van der Waals surface area (Å²) >= 11 is 0. The molecule has 30 heavy (non-hydrogen) atoms. The van der Waals surface area contributed by atoms with E-state index in [0.29, 0.717) is 22.3 Å². The molecule has 0 unspecified atom stereocenters. The number of para-hydroxylation sites is 2. The zero-order chi connectivity index (χ0) is 21.5. The first-order chi connectivity index (χ1) is 14.5. The average Bonchev–Trinajstić information content (AvgIpc) is 2.75. The number of amides is 1. The Balaban J connectivity index is 0.000000187. The lowest BCUT2D eigenvalue weighted by Gasteiger charge is -2.04. The van der Waals surface area contributed by atoms with Crippen LogP contribution >= 0.6 is 0 Å². The van der Waals surface area contributed by atoms with Gasteiger partial charge in [0.25, 0.3) is 0 Å². The van der Waals surface area contributed by atoms with E-state index in [9.17, 15) is 14.7 Å². The van der Waals surface area contributed by atoms with Crippen LogP contribution in [0.5, 0.6) is 11.5 Å². The van der Waals surface area contributed by atoms with Crippen LogP contribution in [0.3, 0.4) is 0 Å². The first kappa shape index (κ1) is 20.7. The first-order valence-electron chi connectivity index (χ1n) is 9.21. The Bertz CT molecular complexity index is 1210. The number of carbonyl (C=O) groups excluding carboxylic acids is 1. The summed E-state index contributed by atoms with van der Waals surface area (Å²) in [6.45, 7) is 1.48. The van der Waals surface area contributed by atoms with Crippen molar-refractivity contribution in [1.29, 1.82) is 0 Å². The molecule has 0 aliphatic carbocycles. The van der Waals surface area contributed by atoms with Crippen molar-refractivity contribution in [2.75, 3.05) is 12.4 Å². The number of rotatable bonds is 3. The lowest BCUT2D eigenvalue weighted by Crippen LogP contribution is -2.05. The number of phenols is 1. The minimum absolute atomic E-state index is 0.0693. The fourth-order valence-corrected chi connectivity index (χ4v) is 2.80. The van der Waals surface area contributed by atoms with Gasteiger partial charge >= 0.3 is 0 Å². The molecule has 2 N–H and O–H groups in total. The molecule has 0 bridgehead atoms. The molecule has 1 amide bonds. The summed E-state index contributed by atoms with van der Waals surface area (Å²) in [5.74, 6) is 1.18. The van der Waals surface area contributed by atoms with E-state index in [1.807, 2.05) is 0 Å². The second kappa shape index (κ2) is 9.43. The molecule has 0 spiro atoms. The first-order valence-corrected chi connectivity index (χ1v) is 9.21. The van der Waals surface area contributed by atoms with E-state index < -0.39 is 0 Å². The Labute approximate surface area is 173 Å². The Morgan fingerprint density at radius 2 is 1.63 bits per heavy atom. The van der Waals surface area contributed by atoms with E-state index in [4.69, 9.17) is 9.15 Å². The van der Waals surface area contributed by atoms with Crippen LogP contribution in [0.15, 0.2) is 88.1 Å². The van der Waals surface area contributed by atoms with Crippen LogP contribution in [0.25, 0.3) is 22.3 Å². The third-order valence-corrected chi connectivity index (χ3v) is 4.21. The molecular formula is C24H21NO5. The Morgan fingerprint density at radius 1 is 0.967 bits per heavy atom. The quantitative estimate of drug-likeness (QED) is 0.512. The van der Waals surface area contributed by atoms with E-state index in [-0.39, 0.29) is 17.1 Å². The number of nitrogens with one attached hydrogen (secondary N) is 1. The van der Waals surface area contributed by atoms with Gasteiger partial charge in [-0.25, -0.2) is 0 Å². The molecule has 0 fully saturated rings. The second-order valence-corrected chi connectivity index (χ2v) is 6.40. The van der Waals surface area contributed by atoms with Gasteiger partial charge in [-0.3, -0.25) is 9.59 Å². The molecule has 0 saturated carbocycles. The highest BCUT2D eigenvalue weighted by molar-refractivity contribution is 5.88. The van der Waals surface area contributed by atoms with Crippen molar-refractivity contribution in [1.82, 2.24) is 0 Å². The van der Waals surface area contributed by atoms with Crippen LogP contribution in [0.4, 0.5) is 5.69 Å². The van der Waals surface area contributed by atoms with Gasteiger partial charge in [0.1, 0.15) is 22.8 Å². The van der Waals surface area contributed by atoms with Gasteiger partial charge in [-0.1, -0.05) is 24.3 Å². The van der Waals surface area contributed by atoms with Crippen molar-refractivity contribution in [2.24, 2.45) is 0 Å². The summed E-state index contributed by atoms with van der Waals surface area (Å²) in [6, 6.07) is 22.4. The summed E-state index contributed by atoms with van der Waals surface area (Å²) < 4.78 is 10.6. The second-order valence-electron chi connectivity index (χ2n) is 6.40. The summed E-state index contributed by atoms with van der Waals surface area (Å²) in [4.78, 5) is 22.6. The number of benzene rings is 3. The fraction of sp³-hybridized carbons (Fsp3) is 0.0833. The van der Waals surface area contributed by atoms with Gasteiger partial charge < -0.3 is 19.6 Å². The monoisotopic (exact) mass is 403 g/mol. The SMILES string of the molecule is COc1ccc(NC(C)=O)cc1.O=c1cc(-c2ccccc2O)oc2ccccc12. The molecule has 3 aromatic carbocycles. The predicted octanol–water partition coefficient (Wildman–Crippen LogP) is 4.82. The van der Waals surface area contributed by atoms with Gasteiger partial charge in [0, 0.05) is 18.7 Å². The van der Waals surface area contributed by atoms with Crippen molar-refractivity contribution >= 4 is 22.6 Å². The molecule has 4 aromatic rings. The summed E-state index contributed by atoms with van der Waals surface area (Å²) in [5.41, 5.74) is 1.70. The van der Waals surface area contributed by atoms with E-state index in [1.54, 1.807) is 79.9 Å².